The van der Waals surface area contributed by atoms with Crippen molar-refractivity contribution in [1.82, 2.24) is 15.3 Å². The van der Waals surface area contributed by atoms with Crippen molar-refractivity contribution in [3.63, 3.8) is 0 Å². The number of thiazole rings is 1. The quantitative estimate of drug-likeness (QED) is 0.703. The van der Waals surface area contributed by atoms with Gasteiger partial charge in [0, 0.05) is 6.20 Å². The van der Waals surface area contributed by atoms with Crippen molar-refractivity contribution in [3.8, 4) is 5.75 Å². The predicted octanol–water partition coefficient (Wildman–Crippen LogP) is 2.81. The maximum absolute atomic E-state index is 11.9. The summed E-state index contributed by atoms with van der Waals surface area (Å²) in [4.78, 5) is 20.3. The van der Waals surface area contributed by atoms with Gasteiger partial charge in [0.05, 0.1) is 22.5 Å². The van der Waals surface area contributed by atoms with Crippen LogP contribution >= 0.6 is 23.1 Å². The molecule has 0 aliphatic heterocycles. The van der Waals surface area contributed by atoms with Gasteiger partial charge < -0.3 is 10.4 Å². The Kier molecular flexibility index (Phi) is 4.55. The molecule has 22 heavy (non-hydrogen) atoms. The number of amides is 1. The standard InChI is InChI=1S/C15H13N3O2S2/c19-12-5-3-7-16-11(12)8-17-14(20)9-21-15-18-10-4-1-2-6-13(10)22-15/h1-7,19H,8-9H2,(H,17,20). The summed E-state index contributed by atoms with van der Waals surface area (Å²) >= 11 is 2.98. The maximum Gasteiger partial charge on any atom is 0.230 e. The van der Waals surface area contributed by atoms with Crippen molar-refractivity contribution in [2.24, 2.45) is 0 Å². The number of carbonyl (C=O) groups is 1. The topological polar surface area (TPSA) is 75.1 Å². The number of thioether (sulfide) groups is 1. The number of nitrogens with zero attached hydrogens (tertiary/aromatic N) is 2. The fraction of sp³-hybridized carbons (Fsp3) is 0.133. The molecule has 112 valence electrons. The van der Waals surface area contributed by atoms with E-state index in [0.717, 1.165) is 14.6 Å². The van der Waals surface area contributed by atoms with Crippen LogP contribution < -0.4 is 5.32 Å². The first kappa shape index (κ1) is 14.8. The summed E-state index contributed by atoms with van der Waals surface area (Å²) < 4.78 is 1.99. The first-order chi connectivity index (χ1) is 10.7. The van der Waals surface area contributed by atoms with Gasteiger partial charge in [0.25, 0.3) is 0 Å². The fourth-order valence-corrected chi connectivity index (χ4v) is 3.74. The summed E-state index contributed by atoms with van der Waals surface area (Å²) in [6.07, 6.45) is 1.58. The summed E-state index contributed by atoms with van der Waals surface area (Å²) in [5.41, 5.74) is 1.41. The Morgan fingerprint density at radius 2 is 2.14 bits per heavy atom. The van der Waals surface area contributed by atoms with Crippen LogP contribution in [0.3, 0.4) is 0 Å². The maximum atomic E-state index is 11.9. The second kappa shape index (κ2) is 6.76. The largest absolute Gasteiger partial charge is 0.506 e. The third kappa shape index (κ3) is 3.55. The van der Waals surface area contributed by atoms with Crippen LogP contribution in [0.5, 0.6) is 5.75 Å². The first-order valence-electron chi connectivity index (χ1n) is 6.60. The van der Waals surface area contributed by atoms with Gasteiger partial charge in [0.15, 0.2) is 4.34 Å². The van der Waals surface area contributed by atoms with E-state index in [0.29, 0.717) is 5.69 Å². The SMILES string of the molecule is O=C(CSc1nc2ccccc2s1)NCc1ncccc1O. The van der Waals surface area contributed by atoms with Crippen molar-refractivity contribution in [2.45, 2.75) is 10.9 Å². The van der Waals surface area contributed by atoms with E-state index in [-0.39, 0.29) is 24.0 Å². The van der Waals surface area contributed by atoms with Crippen LogP contribution in [0, 0.1) is 0 Å². The summed E-state index contributed by atoms with van der Waals surface area (Å²) in [6.45, 7) is 0.214. The number of benzene rings is 1. The molecule has 0 aliphatic rings. The normalized spacial score (nSPS) is 10.7. The molecule has 0 unspecified atom stereocenters. The highest BCUT2D eigenvalue weighted by Crippen LogP contribution is 2.29. The van der Waals surface area contributed by atoms with Crippen LogP contribution in [-0.4, -0.2) is 26.7 Å². The number of hydrogen-bond donors (Lipinski definition) is 2. The molecule has 2 heterocycles. The Balaban J connectivity index is 1.53. The molecule has 0 atom stereocenters. The number of hydrogen-bond acceptors (Lipinski definition) is 6. The van der Waals surface area contributed by atoms with Gasteiger partial charge >= 0.3 is 0 Å². The van der Waals surface area contributed by atoms with Gasteiger partial charge in [0.2, 0.25) is 5.91 Å². The predicted molar refractivity (Wildman–Crippen MR) is 88.1 cm³/mol. The van der Waals surface area contributed by atoms with Crippen molar-refractivity contribution < 1.29 is 9.90 Å². The monoisotopic (exact) mass is 331 g/mol. The molecule has 0 saturated carbocycles. The summed E-state index contributed by atoms with van der Waals surface area (Å²) in [7, 11) is 0. The van der Waals surface area contributed by atoms with Crippen LogP contribution in [0.2, 0.25) is 0 Å². The number of pyridine rings is 1. The summed E-state index contributed by atoms with van der Waals surface area (Å²) in [5, 5.41) is 12.3. The lowest BCUT2D eigenvalue weighted by Gasteiger charge is -2.05. The minimum absolute atomic E-state index is 0.0848. The van der Waals surface area contributed by atoms with Crippen molar-refractivity contribution in [1.29, 1.82) is 0 Å². The van der Waals surface area contributed by atoms with Crippen LogP contribution in [0.1, 0.15) is 5.69 Å². The molecule has 7 heteroatoms. The number of aromatic nitrogens is 2. The number of aromatic hydroxyl groups is 1. The van der Waals surface area contributed by atoms with Crippen molar-refractivity contribution >= 4 is 39.2 Å². The molecule has 1 amide bonds. The van der Waals surface area contributed by atoms with Crippen molar-refractivity contribution in [2.75, 3.05) is 5.75 Å². The minimum Gasteiger partial charge on any atom is -0.506 e. The van der Waals surface area contributed by atoms with Gasteiger partial charge in [-0.2, -0.15) is 0 Å². The highest BCUT2D eigenvalue weighted by atomic mass is 32.2. The molecule has 3 aromatic rings. The van der Waals surface area contributed by atoms with Crippen molar-refractivity contribution in [3.05, 3.63) is 48.3 Å². The van der Waals surface area contributed by atoms with E-state index in [9.17, 15) is 9.90 Å². The molecule has 0 fully saturated rings. The van der Waals surface area contributed by atoms with Crippen LogP contribution in [0.4, 0.5) is 0 Å². The molecule has 2 N–H and O–H groups in total. The molecule has 0 radical (unpaired) electrons. The lowest BCUT2D eigenvalue weighted by Crippen LogP contribution is -2.25. The molecule has 1 aromatic carbocycles. The van der Waals surface area contributed by atoms with E-state index < -0.39 is 0 Å². The molecule has 0 spiro atoms. The van der Waals surface area contributed by atoms with Gasteiger partial charge in [0.1, 0.15) is 11.4 Å². The van der Waals surface area contributed by atoms with E-state index in [1.807, 2.05) is 24.3 Å². The van der Waals surface area contributed by atoms with Gasteiger partial charge in [-0.15, -0.1) is 11.3 Å². The molecular weight excluding hydrogens is 318 g/mol. The number of rotatable bonds is 5. The lowest BCUT2D eigenvalue weighted by atomic mass is 10.3. The van der Waals surface area contributed by atoms with E-state index in [2.05, 4.69) is 15.3 Å². The zero-order valence-electron chi connectivity index (χ0n) is 11.5. The Labute approximate surface area is 135 Å². The van der Waals surface area contributed by atoms with Gasteiger partial charge in [-0.05, 0) is 24.3 Å². The number of nitrogens with one attached hydrogen (secondary N) is 1. The fourth-order valence-electron chi connectivity index (χ4n) is 1.84. The van der Waals surface area contributed by atoms with E-state index in [1.165, 1.54) is 11.8 Å². The third-order valence-corrected chi connectivity index (χ3v) is 5.10. The number of carbonyl (C=O) groups excluding carboxylic acids is 1. The van der Waals surface area contributed by atoms with E-state index in [1.54, 1.807) is 29.7 Å². The molecule has 3 rings (SSSR count). The summed E-state index contributed by atoms with van der Waals surface area (Å²) in [6, 6.07) is 11.1. The van der Waals surface area contributed by atoms with Crippen LogP contribution in [0.15, 0.2) is 46.9 Å². The van der Waals surface area contributed by atoms with Crippen LogP contribution in [-0.2, 0) is 11.3 Å². The van der Waals surface area contributed by atoms with Gasteiger partial charge in [-0.3, -0.25) is 9.78 Å². The molecule has 0 aliphatic carbocycles. The number of para-hydroxylation sites is 1. The Morgan fingerprint density at radius 1 is 1.27 bits per heavy atom. The summed E-state index contributed by atoms with van der Waals surface area (Å²) in [5.74, 6) is 0.254. The van der Waals surface area contributed by atoms with E-state index in [4.69, 9.17) is 0 Å². The average Bonchev–Trinajstić information content (AvgIpc) is 2.95. The second-order valence-corrected chi connectivity index (χ2v) is 6.74. The molecule has 0 bridgehead atoms. The zero-order chi connectivity index (χ0) is 15.4. The highest BCUT2D eigenvalue weighted by Gasteiger charge is 2.08. The smallest absolute Gasteiger partial charge is 0.230 e. The average molecular weight is 331 g/mol. The molecular formula is C15H13N3O2S2. The van der Waals surface area contributed by atoms with Crippen LogP contribution in [0.25, 0.3) is 10.2 Å². The third-order valence-electron chi connectivity index (χ3n) is 2.92. The molecule has 2 aromatic heterocycles. The molecule has 5 nitrogen and oxygen atoms in total. The second-order valence-electron chi connectivity index (χ2n) is 4.48. The van der Waals surface area contributed by atoms with E-state index >= 15 is 0 Å². The number of fused-ring (bicyclic) bond motifs is 1. The highest BCUT2D eigenvalue weighted by molar-refractivity contribution is 8.01. The lowest BCUT2D eigenvalue weighted by molar-refractivity contribution is -0.118. The first-order valence-corrected chi connectivity index (χ1v) is 8.40. The Hall–Kier alpha value is -2.12. The molecule has 0 saturated heterocycles. The van der Waals surface area contributed by atoms with Gasteiger partial charge in [-0.1, -0.05) is 23.9 Å². The van der Waals surface area contributed by atoms with Gasteiger partial charge in [-0.25, -0.2) is 4.98 Å². The Bertz CT molecular complexity index is 771. The zero-order valence-corrected chi connectivity index (χ0v) is 13.2. The Morgan fingerprint density at radius 3 is 2.95 bits per heavy atom. The minimum atomic E-state index is -0.116.